The van der Waals surface area contributed by atoms with E-state index in [1.54, 1.807) is 53.9 Å². The van der Waals surface area contributed by atoms with Crippen LogP contribution in [0.2, 0.25) is 0 Å². The Morgan fingerprint density at radius 3 is 2.96 bits per heavy atom. The van der Waals surface area contributed by atoms with Crippen molar-refractivity contribution in [3.05, 3.63) is 66.8 Å². The number of amides is 1. The third-order valence-corrected chi connectivity index (χ3v) is 3.46. The fraction of sp³-hybridized carbons (Fsp3) is 0.188. The maximum Gasteiger partial charge on any atom is 0.240 e. The second-order valence-corrected chi connectivity index (χ2v) is 5.19. The van der Waals surface area contributed by atoms with Crippen molar-refractivity contribution in [2.45, 2.75) is 19.5 Å². The highest BCUT2D eigenvalue weighted by molar-refractivity contribution is 5.76. The predicted octanol–water partition coefficient (Wildman–Crippen LogP) is 2.09. The molecule has 1 atom stereocenters. The predicted molar refractivity (Wildman–Crippen MR) is 82.3 cm³/mol. The summed E-state index contributed by atoms with van der Waals surface area (Å²) in [6, 6.07) is 6.17. The smallest absolute Gasteiger partial charge is 0.240 e. The SMILES string of the molecule is C[C@H](NC(=O)Cn1ccnc1)c1cnn(-c2ccccc2F)c1. The molecule has 1 amide bonds. The molecule has 0 bridgehead atoms. The molecule has 0 fully saturated rings. The molecular weight excluding hydrogens is 297 g/mol. The van der Waals surface area contributed by atoms with Crippen molar-refractivity contribution in [3.63, 3.8) is 0 Å². The second kappa shape index (κ2) is 6.43. The van der Waals surface area contributed by atoms with E-state index in [0.717, 1.165) is 5.56 Å². The van der Waals surface area contributed by atoms with Crippen LogP contribution in [0, 0.1) is 5.82 Å². The zero-order chi connectivity index (χ0) is 16.2. The average molecular weight is 313 g/mol. The Labute approximate surface area is 132 Å². The first-order valence-electron chi connectivity index (χ1n) is 7.18. The van der Waals surface area contributed by atoms with Gasteiger partial charge in [-0.15, -0.1) is 0 Å². The van der Waals surface area contributed by atoms with E-state index in [9.17, 15) is 9.18 Å². The number of nitrogens with zero attached hydrogens (tertiary/aromatic N) is 4. The molecule has 0 aliphatic carbocycles. The van der Waals surface area contributed by atoms with Crippen LogP contribution in [0.1, 0.15) is 18.5 Å². The number of hydrogen-bond donors (Lipinski definition) is 1. The van der Waals surface area contributed by atoms with Crippen LogP contribution in [0.5, 0.6) is 0 Å². The number of aromatic nitrogens is 4. The van der Waals surface area contributed by atoms with Crippen LogP contribution in [-0.4, -0.2) is 25.2 Å². The Morgan fingerprint density at radius 1 is 1.39 bits per heavy atom. The van der Waals surface area contributed by atoms with Gasteiger partial charge >= 0.3 is 0 Å². The molecule has 0 spiro atoms. The molecule has 0 radical (unpaired) electrons. The summed E-state index contributed by atoms with van der Waals surface area (Å²) in [6.07, 6.45) is 8.26. The lowest BCUT2D eigenvalue weighted by molar-refractivity contribution is -0.122. The first kappa shape index (κ1) is 15.0. The lowest BCUT2D eigenvalue weighted by atomic mass is 10.2. The molecule has 7 heteroatoms. The zero-order valence-corrected chi connectivity index (χ0v) is 12.6. The highest BCUT2D eigenvalue weighted by Gasteiger charge is 2.13. The summed E-state index contributed by atoms with van der Waals surface area (Å²) < 4.78 is 16.9. The number of imidazole rings is 1. The van der Waals surface area contributed by atoms with Crippen LogP contribution < -0.4 is 5.32 Å². The Morgan fingerprint density at radius 2 is 2.22 bits per heavy atom. The van der Waals surface area contributed by atoms with E-state index >= 15 is 0 Å². The molecule has 118 valence electrons. The van der Waals surface area contributed by atoms with Crippen molar-refractivity contribution < 1.29 is 9.18 Å². The van der Waals surface area contributed by atoms with Gasteiger partial charge in [-0.25, -0.2) is 14.1 Å². The van der Waals surface area contributed by atoms with Crippen molar-refractivity contribution in [3.8, 4) is 5.69 Å². The number of halogens is 1. The summed E-state index contributed by atoms with van der Waals surface area (Å²) in [5.41, 5.74) is 1.17. The standard InChI is InChI=1S/C16H16FN5O/c1-12(20-16(23)10-21-7-6-18-11-21)13-8-19-22(9-13)15-5-3-2-4-14(15)17/h2-9,11-12H,10H2,1H3,(H,20,23)/t12-/m0/s1. The summed E-state index contributed by atoms with van der Waals surface area (Å²) in [7, 11) is 0. The summed E-state index contributed by atoms with van der Waals surface area (Å²) in [5, 5.41) is 7.04. The van der Waals surface area contributed by atoms with Gasteiger partial charge in [0.15, 0.2) is 0 Å². The summed E-state index contributed by atoms with van der Waals surface area (Å²) in [4.78, 5) is 15.9. The molecule has 0 unspecified atom stereocenters. The topological polar surface area (TPSA) is 64.7 Å². The molecule has 2 heterocycles. The Kier molecular flexibility index (Phi) is 4.18. The van der Waals surface area contributed by atoms with Crippen molar-refractivity contribution in [1.29, 1.82) is 0 Å². The molecule has 6 nitrogen and oxygen atoms in total. The molecule has 3 aromatic rings. The minimum Gasteiger partial charge on any atom is -0.348 e. The molecule has 1 aromatic carbocycles. The van der Waals surface area contributed by atoms with E-state index in [-0.39, 0.29) is 24.3 Å². The fourth-order valence-corrected chi connectivity index (χ4v) is 2.25. The van der Waals surface area contributed by atoms with Gasteiger partial charge in [-0.1, -0.05) is 12.1 Å². The van der Waals surface area contributed by atoms with E-state index in [1.807, 2.05) is 6.92 Å². The van der Waals surface area contributed by atoms with Gasteiger partial charge in [0.2, 0.25) is 5.91 Å². The Bertz CT molecular complexity index is 796. The molecule has 0 aliphatic rings. The van der Waals surface area contributed by atoms with Crippen LogP contribution in [0.25, 0.3) is 5.69 Å². The Hall–Kier alpha value is -2.96. The third kappa shape index (κ3) is 3.45. The number of benzene rings is 1. The van der Waals surface area contributed by atoms with Gasteiger partial charge in [0.1, 0.15) is 18.0 Å². The van der Waals surface area contributed by atoms with E-state index in [1.165, 1.54) is 10.7 Å². The van der Waals surface area contributed by atoms with E-state index in [2.05, 4.69) is 15.4 Å². The number of carbonyl (C=O) groups is 1. The minimum atomic E-state index is -0.348. The summed E-state index contributed by atoms with van der Waals surface area (Å²) >= 11 is 0. The lowest BCUT2D eigenvalue weighted by Crippen LogP contribution is -2.29. The van der Waals surface area contributed by atoms with Gasteiger partial charge in [-0.2, -0.15) is 5.10 Å². The van der Waals surface area contributed by atoms with Crippen molar-refractivity contribution in [1.82, 2.24) is 24.6 Å². The summed E-state index contributed by atoms with van der Waals surface area (Å²) in [5.74, 6) is -0.479. The lowest BCUT2D eigenvalue weighted by Gasteiger charge is -2.12. The van der Waals surface area contributed by atoms with Crippen LogP contribution in [0.3, 0.4) is 0 Å². The van der Waals surface area contributed by atoms with Crippen molar-refractivity contribution in [2.24, 2.45) is 0 Å². The van der Waals surface area contributed by atoms with Crippen LogP contribution in [0.4, 0.5) is 4.39 Å². The maximum absolute atomic E-state index is 13.8. The normalized spacial score (nSPS) is 12.1. The van der Waals surface area contributed by atoms with Gasteiger partial charge in [0, 0.05) is 24.2 Å². The average Bonchev–Trinajstić information content (AvgIpc) is 3.19. The number of para-hydroxylation sites is 1. The minimum absolute atomic E-state index is 0.130. The summed E-state index contributed by atoms with van der Waals surface area (Å²) in [6.45, 7) is 2.06. The van der Waals surface area contributed by atoms with Crippen molar-refractivity contribution >= 4 is 5.91 Å². The molecule has 0 aliphatic heterocycles. The fourth-order valence-electron chi connectivity index (χ4n) is 2.25. The number of carbonyl (C=O) groups excluding carboxylic acids is 1. The van der Waals surface area contributed by atoms with Gasteiger partial charge < -0.3 is 9.88 Å². The van der Waals surface area contributed by atoms with Gasteiger partial charge in [-0.05, 0) is 19.1 Å². The second-order valence-electron chi connectivity index (χ2n) is 5.19. The van der Waals surface area contributed by atoms with Crippen LogP contribution in [-0.2, 0) is 11.3 Å². The first-order valence-corrected chi connectivity index (χ1v) is 7.18. The van der Waals surface area contributed by atoms with E-state index < -0.39 is 0 Å². The van der Waals surface area contributed by atoms with Crippen LogP contribution in [0.15, 0.2) is 55.4 Å². The van der Waals surface area contributed by atoms with Crippen molar-refractivity contribution in [2.75, 3.05) is 0 Å². The van der Waals surface area contributed by atoms with Gasteiger partial charge in [-0.3, -0.25) is 4.79 Å². The zero-order valence-electron chi connectivity index (χ0n) is 12.6. The van der Waals surface area contributed by atoms with E-state index in [4.69, 9.17) is 0 Å². The molecule has 2 aromatic heterocycles. The number of hydrogen-bond acceptors (Lipinski definition) is 3. The quantitative estimate of drug-likeness (QED) is 0.784. The molecule has 23 heavy (non-hydrogen) atoms. The first-order chi connectivity index (χ1) is 11.1. The molecule has 0 saturated heterocycles. The third-order valence-electron chi connectivity index (χ3n) is 3.46. The highest BCUT2D eigenvalue weighted by Crippen LogP contribution is 2.16. The van der Waals surface area contributed by atoms with Gasteiger partial charge in [0.25, 0.3) is 0 Å². The number of rotatable bonds is 5. The number of nitrogens with one attached hydrogen (secondary N) is 1. The van der Waals surface area contributed by atoms with E-state index in [0.29, 0.717) is 5.69 Å². The van der Waals surface area contributed by atoms with Gasteiger partial charge in [0.05, 0.1) is 18.6 Å². The highest BCUT2D eigenvalue weighted by atomic mass is 19.1. The maximum atomic E-state index is 13.8. The molecular formula is C16H16FN5O. The monoisotopic (exact) mass is 313 g/mol. The molecule has 1 N–H and O–H groups in total. The van der Waals surface area contributed by atoms with Crippen LogP contribution >= 0.6 is 0 Å². The molecule has 3 rings (SSSR count). The molecule has 0 saturated carbocycles. The largest absolute Gasteiger partial charge is 0.348 e. The Balaban J connectivity index is 1.68.